The smallest absolute Gasteiger partial charge is 0.275 e. The van der Waals surface area contributed by atoms with Crippen LogP contribution in [0.4, 0.5) is 0 Å². The zero-order valence-electron chi connectivity index (χ0n) is 15.0. The third kappa shape index (κ3) is 2.93. The third-order valence-electron chi connectivity index (χ3n) is 5.85. The molecule has 2 fully saturated rings. The summed E-state index contributed by atoms with van der Waals surface area (Å²) < 4.78 is 5.60. The van der Waals surface area contributed by atoms with Crippen molar-refractivity contribution in [2.75, 3.05) is 46.9 Å². The van der Waals surface area contributed by atoms with Crippen molar-refractivity contribution in [2.24, 2.45) is 11.3 Å². The molecule has 2 aliphatic rings. The zero-order chi connectivity index (χ0) is 17.4. The monoisotopic (exact) mass is 342 g/mol. The molecule has 2 aromatic rings. The molecular formula is C19H26N4O2. The number of likely N-dealkylation sites (tertiary alicyclic amines) is 1. The first-order valence-electron chi connectivity index (χ1n) is 9.04. The Morgan fingerprint density at radius 3 is 2.88 bits per heavy atom. The van der Waals surface area contributed by atoms with Crippen molar-refractivity contribution in [1.29, 1.82) is 0 Å². The van der Waals surface area contributed by atoms with E-state index in [4.69, 9.17) is 4.74 Å². The van der Waals surface area contributed by atoms with Crippen molar-refractivity contribution in [2.45, 2.75) is 12.8 Å². The largest absolute Gasteiger partial charge is 0.381 e. The van der Waals surface area contributed by atoms with Crippen molar-refractivity contribution >= 4 is 16.8 Å². The van der Waals surface area contributed by atoms with Crippen molar-refractivity contribution in [3.63, 3.8) is 0 Å². The molecule has 3 heterocycles. The Hall–Kier alpha value is -1.92. The SMILES string of the molecule is CN(C)C[C@H]1CN(C(=O)c2n[nH]c3ccccc23)CC12CCOCC2. The molecule has 1 aromatic heterocycles. The summed E-state index contributed by atoms with van der Waals surface area (Å²) in [5.41, 5.74) is 1.64. The molecule has 25 heavy (non-hydrogen) atoms. The first kappa shape index (κ1) is 16.5. The molecular weight excluding hydrogens is 316 g/mol. The Balaban J connectivity index is 1.61. The Kier molecular flexibility index (Phi) is 4.25. The highest BCUT2D eigenvalue weighted by Gasteiger charge is 2.48. The number of carbonyl (C=O) groups excluding carboxylic acids is 1. The lowest BCUT2D eigenvalue weighted by Crippen LogP contribution is -2.40. The van der Waals surface area contributed by atoms with Crippen LogP contribution in [-0.2, 0) is 4.74 Å². The van der Waals surface area contributed by atoms with E-state index in [-0.39, 0.29) is 11.3 Å². The number of ether oxygens (including phenoxy) is 1. The molecule has 6 heteroatoms. The Bertz CT molecular complexity index is 764. The molecule has 1 atom stereocenters. The van der Waals surface area contributed by atoms with Crippen LogP contribution >= 0.6 is 0 Å². The molecule has 2 aliphatic heterocycles. The van der Waals surface area contributed by atoms with Gasteiger partial charge in [0.05, 0.1) is 5.52 Å². The van der Waals surface area contributed by atoms with Gasteiger partial charge in [0.2, 0.25) is 0 Å². The second-order valence-corrected chi connectivity index (χ2v) is 7.74. The highest BCUT2D eigenvalue weighted by atomic mass is 16.5. The van der Waals surface area contributed by atoms with Gasteiger partial charge in [-0.1, -0.05) is 18.2 Å². The van der Waals surface area contributed by atoms with E-state index < -0.39 is 0 Å². The topological polar surface area (TPSA) is 61.5 Å². The Labute approximate surface area is 148 Å². The minimum atomic E-state index is 0.0459. The highest BCUT2D eigenvalue weighted by Crippen LogP contribution is 2.44. The molecule has 0 saturated carbocycles. The fourth-order valence-corrected chi connectivity index (χ4v) is 4.50. The number of hydrogen-bond acceptors (Lipinski definition) is 4. The van der Waals surface area contributed by atoms with Gasteiger partial charge in [-0.25, -0.2) is 0 Å². The maximum Gasteiger partial charge on any atom is 0.275 e. The van der Waals surface area contributed by atoms with Crippen LogP contribution in [0.1, 0.15) is 23.3 Å². The van der Waals surface area contributed by atoms with Crippen LogP contribution in [0.2, 0.25) is 0 Å². The number of aromatic nitrogens is 2. The van der Waals surface area contributed by atoms with E-state index in [1.165, 1.54) is 0 Å². The molecule has 1 N–H and O–H groups in total. The normalized spacial score (nSPS) is 23.0. The number of para-hydroxylation sites is 1. The van der Waals surface area contributed by atoms with Gasteiger partial charge in [-0.2, -0.15) is 5.10 Å². The maximum absolute atomic E-state index is 13.2. The van der Waals surface area contributed by atoms with Gasteiger partial charge in [-0.15, -0.1) is 0 Å². The molecule has 1 amide bonds. The summed E-state index contributed by atoms with van der Waals surface area (Å²) in [6, 6.07) is 7.82. The summed E-state index contributed by atoms with van der Waals surface area (Å²) in [5.74, 6) is 0.533. The standard InChI is InChI=1S/C19H26N4O2/c1-22(2)11-14-12-23(13-19(14)7-9-25-10-8-19)18(24)17-15-5-3-4-6-16(15)20-21-17/h3-6,14H,7-13H2,1-2H3,(H,20,21)/t14-/m0/s1. The molecule has 6 nitrogen and oxygen atoms in total. The zero-order valence-corrected chi connectivity index (χ0v) is 15.0. The maximum atomic E-state index is 13.2. The lowest BCUT2D eigenvalue weighted by molar-refractivity contribution is -0.00452. The van der Waals surface area contributed by atoms with Gasteiger partial charge < -0.3 is 14.5 Å². The summed E-state index contributed by atoms with van der Waals surface area (Å²) >= 11 is 0. The lowest BCUT2D eigenvalue weighted by Gasteiger charge is -2.38. The number of rotatable bonds is 3. The predicted octanol–water partition coefficient (Wildman–Crippen LogP) is 1.99. The summed E-state index contributed by atoms with van der Waals surface area (Å²) in [4.78, 5) is 17.4. The number of nitrogens with zero attached hydrogens (tertiary/aromatic N) is 3. The first-order chi connectivity index (χ1) is 12.1. The Morgan fingerprint density at radius 2 is 2.12 bits per heavy atom. The van der Waals surface area contributed by atoms with Crippen LogP contribution in [0, 0.1) is 11.3 Å². The number of nitrogens with one attached hydrogen (secondary N) is 1. The number of amides is 1. The van der Waals surface area contributed by atoms with Crippen LogP contribution < -0.4 is 0 Å². The fourth-order valence-electron chi connectivity index (χ4n) is 4.50. The van der Waals surface area contributed by atoms with E-state index in [1.807, 2.05) is 29.2 Å². The van der Waals surface area contributed by atoms with Gasteiger partial charge in [0.25, 0.3) is 5.91 Å². The minimum Gasteiger partial charge on any atom is -0.381 e. The number of aromatic amines is 1. The van der Waals surface area contributed by atoms with Crippen molar-refractivity contribution in [3.05, 3.63) is 30.0 Å². The van der Waals surface area contributed by atoms with E-state index in [0.29, 0.717) is 11.6 Å². The van der Waals surface area contributed by atoms with E-state index in [2.05, 4.69) is 29.2 Å². The van der Waals surface area contributed by atoms with Gasteiger partial charge in [0.1, 0.15) is 0 Å². The van der Waals surface area contributed by atoms with Crippen LogP contribution in [0.3, 0.4) is 0 Å². The van der Waals surface area contributed by atoms with E-state index in [1.54, 1.807) is 0 Å². The lowest BCUT2D eigenvalue weighted by atomic mass is 9.72. The number of H-pyrrole nitrogens is 1. The predicted molar refractivity (Wildman–Crippen MR) is 96.5 cm³/mol. The molecule has 0 bridgehead atoms. The number of carbonyl (C=O) groups is 1. The van der Waals surface area contributed by atoms with Crippen molar-refractivity contribution in [3.8, 4) is 0 Å². The highest BCUT2D eigenvalue weighted by molar-refractivity contribution is 6.04. The van der Waals surface area contributed by atoms with Gasteiger partial charge >= 0.3 is 0 Å². The summed E-state index contributed by atoms with van der Waals surface area (Å²) in [6.07, 6.45) is 2.08. The summed E-state index contributed by atoms with van der Waals surface area (Å²) in [5, 5.41) is 8.20. The van der Waals surface area contributed by atoms with Gasteiger partial charge in [0, 0.05) is 38.2 Å². The fraction of sp³-hybridized carbons (Fsp3) is 0.579. The minimum absolute atomic E-state index is 0.0459. The molecule has 0 aliphatic carbocycles. The van der Waals surface area contributed by atoms with Crippen LogP contribution in [0.25, 0.3) is 10.9 Å². The first-order valence-corrected chi connectivity index (χ1v) is 9.04. The molecule has 134 valence electrons. The van der Waals surface area contributed by atoms with Gasteiger partial charge in [-0.05, 0) is 44.3 Å². The van der Waals surface area contributed by atoms with Gasteiger partial charge in [0.15, 0.2) is 5.69 Å². The second-order valence-electron chi connectivity index (χ2n) is 7.74. The second kappa shape index (κ2) is 6.42. The number of hydrogen-bond donors (Lipinski definition) is 1. The third-order valence-corrected chi connectivity index (χ3v) is 5.85. The molecule has 0 radical (unpaired) electrons. The average Bonchev–Trinajstić information content (AvgIpc) is 3.17. The van der Waals surface area contributed by atoms with Crippen LogP contribution in [-0.4, -0.2) is 72.8 Å². The van der Waals surface area contributed by atoms with Crippen LogP contribution in [0.15, 0.2) is 24.3 Å². The summed E-state index contributed by atoms with van der Waals surface area (Å²) in [6.45, 7) is 4.23. The number of benzene rings is 1. The van der Waals surface area contributed by atoms with Crippen molar-refractivity contribution < 1.29 is 9.53 Å². The van der Waals surface area contributed by atoms with Crippen molar-refractivity contribution in [1.82, 2.24) is 20.0 Å². The van der Waals surface area contributed by atoms with Gasteiger partial charge in [-0.3, -0.25) is 9.89 Å². The van der Waals surface area contributed by atoms with Crippen LogP contribution in [0.5, 0.6) is 0 Å². The quantitative estimate of drug-likeness (QED) is 0.927. The molecule has 1 aromatic carbocycles. The Morgan fingerprint density at radius 1 is 1.36 bits per heavy atom. The molecule has 4 rings (SSSR count). The molecule has 1 spiro atoms. The van der Waals surface area contributed by atoms with E-state index >= 15 is 0 Å². The van der Waals surface area contributed by atoms with E-state index in [9.17, 15) is 4.79 Å². The van der Waals surface area contributed by atoms with E-state index in [0.717, 1.165) is 56.6 Å². The summed E-state index contributed by atoms with van der Waals surface area (Å²) in [7, 11) is 4.22. The number of fused-ring (bicyclic) bond motifs is 1. The average molecular weight is 342 g/mol. The molecule has 2 saturated heterocycles. The molecule has 0 unspecified atom stereocenters.